The van der Waals surface area contributed by atoms with E-state index >= 15 is 0 Å². The van der Waals surface area contributed by atoms with Crippen LogP contribution in [0.15, 0.2) is 12.4 Å². The van der Waals surface area contributed by atoms with Gasteiger partial charge in [-0.2, -0.15) is 5.10 Å². The number of aromatic nitrogens is 2. The molecule has 2 aliphatic heterocycles. The molecule has 3 aliphatic rings. The van der Waals surface area contributed by atoms with E-state index in [1.54, 1.807) is 0 Å². The lowest BCUT2D eigenvalue weighted by Gasteiger charge is -2.32. The van der Waals surface area contributed by atoms with Gasteiger partial charge in [0.1, 0.15) is 0 Å². The highest BCUT2D eigenvalue weighted by atomic mass is 16.7. The molecule has 126 valence electrons. The molecule has 0 N–H and O–H groups in total. The highest BCUT2D eigenvalue weighted by Crippen LogP contribution is 2.36. The molecule has 5 nitrogen and oxygen atoms in total. The maximum atomic E-state index is 6.12. The molecule has 6 heteroatoms. The minimum Gasteiger partial charge on any atom is -0.399 e. The van der Waals surface area contributed by atoms with Crippen molar-refractivity contribution in [2.75, 3.05) is 13.1 Å². The highest BCUT2D eigenvalue weighted by Gasteiger charge is 2.52. The third-order valence-corrected chi connectivity index (χ3v) is 6.08. The van der Waals surface area contributed by atoms with Crippen molar-refractivity contribution in [3.8, 4) is 0 Å². The number of rotatable bonds is 3. The fraction of sp³-hybridized carbons (Fsp3) is 0.824. The Balaban J connectivity index is 1.41. The average molecular weight is 317 g/mol. The number of hydrogen-bond acceptors (Lipinski definition) is 4. The second kappa shape index (κ2) is 5.33. The Kier molecular flexibility index (Phi) is 3.63. The summed E-state index contributed by atoms with van der Waals surface area (Å²) < 4.78 is 14.4. The molecule has 3 fully saturated rings. The summed E-state index contributed by atoms with van der Waals surface area (Å²) in [6.07, 6.45) is 9.23. The molecule has 1 aliphatic carbocycles. The molecule has 0 aromatic carbocycles. The molecule has 0 bridgehead atoms. The van der Waals surface area contributed by atoms with Crippen molar-refractivity contribution >= 4 is 12.6 Å². The summed E-state index contributed by atoms with van der Waals surface area (Å²) in [6.45, 7) is 10.8. The van der Waals surface area contributed by atoms with Crippen molar-refractivity contribution in [2.24, 2.45) is 0 Å². The third-order valence-electron chi connectivity index (χ3n) is 6.08. The first-order valence-corrected chi connectivity index (χ1v) is 8.99. The monoisotopic (exact) mass is 317 g/mol. The summed E-state index contributed by atoms with van der Waals surface area (Å²) >= 11 is 0. The maximum absolute atomic E-state index is 6.12. The van der Waals surface area contributed by atoms with Gasteiger partial charge in [0.25, 0.3) is 0 Å². The summed E-state index contributed by atoms with van der Waals surface area (Å²) in [5.74, 6) is 0. The van der Waals surface area contributed by atoms with Gasteiger partial charge in [0, 0.05) is 37.0 Å². The smallest absolute Gasteiger partial charge is 0.399 e. The van der Waals surface area contributed by atoms with Crippen LogP contribution in [-0.2, 0) is 9.31 Å². The van der Waals surface area contributed by atoms with Crippen molar-refractivity contribution < 1.29 is 9.31 Å². The Morgan fingerprint density at radius 3 is 2.17 bits per heavy atom. The zero-order valence-electron chi connectivity index (χ0n) is 14.8. The first-order valence-electron chi connectivity index (χ1n) is 8.99. The van der Waals surface area contributed by atoms with Gasteiger partial charge in [0.05, 0.1) is 17.2 Å². The van der Waals surface area contributed by atoms with Crippen LogP contribution < -0.4 is 5.46 Å². The van der Waals surface area contributed by atoms with Gasteiger partial charge in [0.2, 0.25) is 0 Å². The van der Waals surface area contributed by atoms with Gasteiger partial charge in [-0.1, -0.05) is 0 Å². The fourth-order valence-corrected chi connectivity index (χ4v) is 3.61. The van der Waals surface area contributed by atoms with Crippen molar-refractivity contribution in [1.29, 1.82) is 0 Å². The molecule has 1 saturated carbocycles. The van der Waals surface area contributed by atoms with Crippen molar-refractivity contribution in [1.82, 2.24) is 14.7 Å². The average Bonchev–Trinajstić information content (AvgIpc) is 3.17. The lowest BCUT2D eigenvalue weighted by molar-refractivity contribution is 0.00578. The normalized spacial score (nSPS) is 28.4. The fourth-order valence-electron chi connectivity index (χ4n) is 3.61. The first kappa shape index (κ1) is 15.7. The Hall–Kier alpha value is -0.845. The van der Waals surface area contributed by atoms with E-state index in [9.17, 15) is 0 Å². The van der Waals surface area contributed by atoms with Gasteiger partial charge >= 0.3 is 7.12 Å². The molecular weight excluding hydrogens is 289 g/mol. The molecule has 0 radical (unpaired) electrons. The second-order valence-corrected chi connectivity index (χ2v) is 8.34. The molecule has 1 aromatic heterocycles. The van der Waals surface area contributed by atoms with E-state index in [0.717, 1.165) is 11.5 Å². The number of piperidine rings is 1. The highest BCUT2D eigenvalue weighted by molar-refractivity contribution is 6.61. The van der Waals surface area contributed by atoms with E-state index in [-0.39, 0.29) is 18.3 Å². The Morgan fingerprint density at radius 2 is 1.61 bits per heavy atom. The number of hydrogen-bond donors (Lipinski definition) is 0. The van der Waals surface area contributed by atoms with E-state index in [1.165, 1.54) is 38.8 Å². The van der Waals surface area contributed by atoms with Crippen molar-refractivity contribution in [3.05, 3.63) is 12.4 Å². The van der Waals surface area contributed by atoms with Crippen LogP contribution in [0.4, 0.5) is 0 Å². The van der Waals surface area contributed by atoms with E-state index in [0.29, 0.717) is 6.04 Å². The van der Waals surface area contributed by atoms with Gasteiger partial charge in [-0.05, 0) is 53.4 Å². The van der Waals surface area contributed by atoms with Gasteiger partial charge in [0.15, 0.2) is 0 Å². The Bertz CT molecular complexity index is 558. The van der Waals surface area contributed by atoms with Crippen LogP contribution >= 0.6 is 0 Å². The standard InChI is InChI=1S/C17H28BN3O2/c1-16(2)17(3,4)23-18(22-16)13-11-19-21(12-13)15-7-9-20(10-8-15)14-5-6-14/h11-12,14-15H,5-10H2,1-4H3. The molecule has 1 aromatic rings. The van der Waals surface area contributed by atoms with Crippen molar-refractivity contribution in [3.63, 3.8) is 0 Å². The van der Waals surface area contributed by atoms with Crippen LogP contribution in [0.5, 0.6) is 0 Å². The first-order chi connectivity index (χ1) is 10.9. The largest absolute Gasteiger partial charge is 0.498 e. The van der Waals surface area contributed by atoms with Gasteiger partial charge < -0.3 is 14.2 Å². The molecule has 0 amide bonds. The van der Waals surface area contributed by atoms with E-state index in [1.807, 2.05) is 6.20 Å². The number of likely N-dealkylation sites (tertiary alicyclic amines) is 1. The van der Waals surface area contributed by atoms with Crippen LogP contribution in [0, 0.1) is 0 Å². The van der Waals surface area contributed by atoms with Crippen LogP contribution in [-0.4, -0.2) is 52.1 Å². The summed E-state index contributed by atoms with van der Waals surface area (Å²) in [5, 5.41) is 4.60. The van der Waals surface area contributed by atoms with Crippen LogP contribution in [0.25, 0.3) is 0 Å². The molecule has 4 rings (SSSR count). The summed E-state index contributed by atoms with van der Waals surface area (Å²) in [5.41, 5.74) is 0.443. The predicted molar refractivity (Wildman–Crippen MR) is 90.8 cm³/mol. The topological polar surface area (TPSA) is 39.5 Å². The second-order valence-electron chi connectivity index (χ2n) is 8.34. The van der Waals surface area contributed by atoms with E-state index in [2.05, 4.69) is 48.6 Å². The Labute approximate surface area is 139 Å². The van der Waals surface area contributed by atoms with Crippen LogP contribution in [0.1, 0.15) is 59.4 Å². The van der Waals surface area contributed by atoms with Crippen molar-refractivity contribution in [2.45, 2.75) is 76.7 Å². The minimum absolute atomic E-state index is 0.296. The molecule has 3 heterocycles. The third kappa shape index (κ3) is 2.85. The van der Waals surface area contributed by atoms with Crippen LogP contribution in [0.3, 0.4) is 0 Å². The molecule has 23 heavy (non-hydrogen) atoms. The summed E-state index contributed by atoms with van der Waals surface area (Å²) in [4.78, 5) is 2.65. The quantitative estimate of drug-likeness (QED) is 0.799. The molecule has 0 spiro atoms. The molecule has 0 atom stereocenters. The Morgan fingerprint density at radius 1 is 1.00 bits per heavy atom. The van der Waals surface area contributed by atoms with Gasteiger partial charge in [-0.3, -0.25) is 4.68 Å². The van der Waals surface area contributed by atoms with E-state index in [4.69, 9.17) is 9.31 Å². The molecule has 2 saturated heterocycles. The summed E-state index contributed by atoms with van der Waals surface area (Å²) in [7, 11) is -0.305. The van der Waals surface area contributed by atoms with E-state index < -0.39 is 0 Å². The minimum atomic E-state index is -0.305. The summed E-state index contributed by atoms with van der Waals surface area (Å²) in [6, 6.07) is 1.40. The van der Waals surface area contributed by atoms with Gasteiger partial charge in [-0.25, -0.2) is 0 Å². The molecular formula is C17H28BN3O2. The predicted octanol–water partition coefficient (Wildman–Crippen LogP) is 1.98. The van der Waals surface area contributed by atoms with Crippen LogP contribution in [0.2, 0.25) is 0 Å². The lowest BCUT2D eigenvalue weighted by Crippen LogP contribution is -2.41. The maximum Gasteiger partial charge on any atom is 0.498 e. The SMILES string of the molecule is CC1(C)OB(c2cnn(C3CCN(C4CC4)CC3)c2)OC1(C)C. The zero-order chi connectivity index (χ0) is 16.2. The van der Waals surface area contributed by atoms with Gasteiger partial charge in [-0.15, -0.1) is 0 Å². The molecule has 0 unspecified atom stereocenters. The lowest BCUT2D eigenvalue weighted by atomic mass is 9.82. The zero-order valence-corrected chi connectivity index (χ0v) is 14.8. The number of nitrogens with zero attached hydrogens (tertiary/aromatic N) is 3.